The van der Waals surface area contributed by atoms with Crippen LogP contribution >= 0.6 is 0 Å². The molecule has 0 aromatic rings. The molecule has 3 heterocycles. The maximum absolute atomic E-state index is 14.2. The summed E-state index contributed by atoms with van der Waals surface area (Å²) in [6.45, 7) is 17.1. The van der Waals surface area contributed by atoms with Crippen molar-refractivity contribution in [1.82, 2.24) is 4.90 Å². The number of fused-ring (bicyclic) bond motifs is 1. The smallest absolute Gasteiger partial charge is 0.311 e. The third-order valence-corrected chi connectivity index (χ3v) is 13.1. The molecule has 3 aliphatic heterocycles. The van der Waals surface area contributed by atoms with Crippen LogP contribution in [-0.4, -0.2) is 150 Å². The summed E-state index contributed by atoms with van der Waals surface area (Å²) >= 11 is 0. The Morgan fingerprint density at radius 3 is 2.07 bits per heavy atom. The van der Waals surface area contributed by atoms with Gasteiger partial charge in [-0.15, -0.1) is 0 Å². The first-order valence-electron chi connectivity index (χ1n) is 20.0. The molecule has 0 aromatic carbocycles. The van der Waals surface area contributed by atoms with E-state index in [0.717, 1.165) is 0 Å². The van der Waals surface area contributed by atoms with Gasteiger partial charge in [0.2, 0.25) is 0 Å². The number of nitrogens with zero attached hydrogens (tertiary/aromatic N) is 1. The van der Waals surface area contributed by atoms with Crippen LogP contribution in [0.4, 0.5) is 0 Å². The monoisotopic (exact) mass is 799 g/mol. The minimum absolute atomic E-state index is 0.109. The van der Waals surface area contributed by atoms with E-state index in [-0.39, 0.29) is 36.6 Å². The average molecular weight is 800 g/mol. The number of allylic oxidation sites excluding steroid dienone is 1. The lowest BCUT2D eigenvalue weighted by atomic mass is 9.75. The van der Waals surface area contributed by atoms with Gasteiger partial charge in [-0.1, -0.05) is 27.7 Å². The molecule has 2 unspecified atom stereocenters. The molecule has 3 saturated heterocycles. The van der Waals surface area contributed by atoms with Crippen molar-refractivity contribution in [3.05, 3.63) is 12.3 Å². The Morgan fingerprint density at radius 2 is 1.50 bits per heavy atom. The summed E-state index contributed by atoms with van der Waals surface area (Å²) < 4.78 is 50.8. The second-order valence-electron chi connectivity index (χ2n) is 17.6. The zero-order chi connectivity index (χ0) is 42.2. The third kappa shape index (κ3) is 9.37. The molecular formula is C41H69NO14. The Balaban J connectivity index is 1.87. The van der Waals surface area contributed by atoms with Gasteiger partial charge in [0.05, 0.1) is 59.9 Å². The van der Waals surface area contributed by atoms with Crippen LogP contribution in [0.5, 0.6) is 0 Å². The molecule has 1 saturated carbocycles. The summed E-state index contributed by atoms with van der Waals surface area (Å²) in [7, 11) is 6.86. The van der Waals surface area contributed by atoms with E-state index < -0.39 is 108 Å². The van der Waals surface area contributed by atoms with Gasteiger partial charge in [0.15, 0.2) is 24.5 Å². The van der Waals surface area contributed by atoms with Crippen molar-refractivity contribution in [1.29, 1.82) is 0 Å². The fourth-order valence-electron chi connectivity index (χ4n) is 9.18. The minimum Gasteiger partial charge on any atom is -0.491 e. The first kappa shape index (κ1) is 46.6. The van der Waals surface area contributed by atoms with Crippen LogP contribution in [0.2, 0.25) is 0 Å². The van der Waals surface area contributed by atoms with Crippen LogP contribution in [0.15, 0.2) is 12.3 Å². The summed E-state index contributed by atoms with van der Waals surface area (Å²) in [6, 6.07) is -0.207. The standard InChI is InChI=1S/C41H69NO14/c1-20-18-40(10,50-14)35(56-38-32(51-16-15-21(2)43)28(42(11)12)17-22(3)52-38)24(5)31(54-29-19-39(9,49-13)34(46)27(8)53-29)25(6)37(47)55-36-26(7)41(36,48)33(45)23(4)30(20)44/h15-16,20,22-29,31-36,38,45-46,48H,17-19H2,1-14H3/b16-15+/t20-,22-,23?,24+,25-,26?,27+,28+,29+,31+,32-,33-,34+,35-,36-,38+,39-,40+,41+/m1/s1. The minimum atomic E-state index is -1.82. The van der Waals surface area contributed by atoms with Crippen LogP contribution in [0.1, 0.15) is 88.5 Å². The molecule has 4 aliphatic rings. The highest BCUT2D eigenvalue weighted by molar-refractivity contribution is 5.86. The normalized spacial score (nSPS) is 48.2. The topological polar surface area (TPSA) is 189 Å². The number of Topliss-reactive ketones (excluding diaryl/α,β-unsaturated/α-hetero) is 1. The number of hydrogen-bond acceptors (Lipinski definition) is 15. The van der Waals surface area contributed by atoms with E-state index in [1.807, 2.05) is 39.8 Å². The van der Waals surface area contributed by atoms with Crippen molar-refractivity contribution < 1.29 is 67.6 Å². The Morgan fingerprint density at radius 1 is 0.875 bits per heavy atom. The van der Waals surface area contributed by atoms with Crippen LogP contribution in [0.25, 0.3) is 0 Å². The lowest BCUT2D eigenvalue weighted by molar-refractivity contribution is -0.319. The summed E-state index contributed by atoms with van der Waals surface area (Å²) in [5, 5.41) is 34.0. The van der Waals surface area contributed by atoms with E-state index in [9.17, 15) is 29.7 Å². The predicted molar refractivity (Wildman–Crippen MR) is 203 cm³/mol. The van der Waals surface area contributed by atoms with Crippen LogP contribution < -0.4 is 0 Å². The van der Waals surface area contributed by atoms with Gasteiger partial charge in [-0.2, -0.15) is 0 Å². The Bertz CT molecular complexity index is 1410. The van der Waals surface area contributed by atoms with E-state index in [1.54, 1.807) is 41.5 Å². The van der Waals surface area contributed by atoms with Gasteiger partial charge in [-0.05, 0) is 68.5 Å². The zero-order valence-corrected chi connectivity index (χ0v) is 35.8. The zero-order valence-electron chi connectivity index (χ0n) is 35.8. The molecule has 3 N–H and O–H groups in total. The lowest BCUT2D eigenvalue weighted by Gasteiger charge is -2.50. The molecule has 19 atom stereocenters. The molecule has 56 heavy (non-hydrogen) atoms. The fraction of sp³-hybridized carbons (Fsp3) is 0.878. The molecule has 0 spiro atoms. The summed E-state index contributed by atoms with van der Waals surface area (Å²) in [5.41, 5.74) is -4.13. The van der Waals surface area contributed by atoms with E-state index in [4.69, 9.17) is 37.9 Å². The van der Waals surface area contributed by atoms with Crippen molar-refractivity contribution in [3.63, 3.8) is 0 Å². The highest BCUT2D eigenvalue weighted by Gasteiger charge is 2.70. The van der Waals surface area contributed by atoms with Gasteiger partial charge < -0.3 is 58.1 Å². The fourth-order valence-corrected chi connectivity index (χ4v) is 9.18. The maximum atomic E-state index is 14.2. The highest BCUT2D eigenvalue weighted by atomic mass is 16.7. The number of aliphatic hydroxyl groups is 3. The predicted octanol–water partition coefficient (Wildman–Crippen LogP) is 2.79. The van der Waals surface area contributed by atoms with Gasteiger partial charge in [0, 0.05) is 50.4 Å². The first-order chi connectivity index (χ1) is 26.0. The average Bonchev–Trinajstić information content (AvgIpc) is 3.67. The molecule has 0 amide bonds. The molecule has 15 heteroatoms. The van der Waals surface area contributed by atoms with E-state index in [1.165, 1.54) is 33.5 Å². The number of carbonyl (C=O) groups excluding carboxylic acids is 3. The number of methoxy groups -OCH3 is 2. The Hall–Kier alpha value is -2.05. The number of carbonyl (C=O) groups is 3. The van der Waals surface area contributed by atoms with Gasteiger partial charge in [-0.3, -0.25) is 14.4 Å². The number of esters is 1. The summed E-state index contributed by atoms with van der Waals surface area (Å²) in [5.74, 6) is -5.27. The van der Waals surface area contributed by atoms with Crippen molar-refractivity contribution in [3.8, 4) is 0 Å². The number of aliphatic hydroxyl groups excluding tert-OH is 2. The quantitative estimate of drug-likeness (QED) is 0.166. The number of rotatable bonds is 10. The second kappa shape index (κ2) is 18.1. The number of ketones is 2. The Kier molecular flexibility index (Phi) is 15.0. The third-order valence-electron chi connectivity index (χ3n) is 13.1. The van der Waals surface area contributed by atoms with Crippen molar-refractivity contribution >= 4 is 17.5 Å². The number of hydrogen-bond donors (Lipinski definition) is 3. The van der Waals surface area contributed by atoms with Gasteiger partial charge in [0.25, 0.3) is 0 Å². The van der Waals surface area contributed by atoms with Gasteiger partial charge in [-0.25, -0.2) is 0 Å². The largest absolute Gasteiger partial charge is 0.491 e. The molecule has 15 nitrogen and oxygen atoms in total. The highest BCUT2D eigenvalue weighted by Crippen LogP contribution is 2.51. The molecule has 0 radical (unpaired) electrons. The van der Waals surface area contributed by atoms with Crippen molar-refractivity contribution in [2.45, 2.75) is 173 Å². The van der Waals surface area contributed by atoms with E-state index in [0.29, 0.717) is 6.42 Å². The molecule has 1 aliphatic carbocycles. The molecule has 0 aromatic heterocycles. The first-order valence-corrected chi connectivity index (χ1v) is 20.0. The van der Waals surface area contributed by atoms with Crippen LogP contribution in [0, 0.1) is 29.6 Å². The molecule has 4 rings (SSSR count). The lowest BCUT2D eigenvalue weighted by Crippen LogP contribution is -2.61. The number of likely N-dealkylation sites (N-methyl/N-ethyl adjacent to an activating group) is 1. The second-order valence-corrected chi connectivity index (χ2v) is 17.6. The number of ether oxygens (including phenoxy) is 8. The van der Waals surface area contributed by atoms with E-state index in [2.05, 4.69) is 0 Å². The van der Waals surface area contributed by atoms with Crippen molar-refractivity contribution in [2.24, 2.45) is 29.6 Å². The molecule has 322 valence electrons. The summed E-state index contributed by atoms with van der Waals surface area (Å²) in [4.78, 5) is 42.1. The molecule has 0 bridgehead atoms. The van der Waals surface area contributed by atoms with Gasteiger partial charge >= 0.3 is 5.97 Å². The maximum Gasteiger partial charge on any atom is 0.311 e. The molecule has 4 fully saturated rings. The van der Waals surface area contributed by atoms with Crippen molar-refractivity contribution in [2.75, 3.05) is 28.3 Å². The molecular weight excluding hydrogens is 730 g/mol. The summed E-state index contributed by atoms with van der Waals surface area (Å²) in [6.07, 6.45) is -5.70. The van der Waals surface area contributed by atoms with Gasteiger partial charge in [0.1, 0.15) is 23.6 Å². The SMILES string of the molecule is CO[C@]1(C)C[C@H](O[C@H]2[C@H](C)[C@@H](O[C@@H]3O[C@H](C)C[C@H](N(C)C)[C@H]3O/C=C/C(C)=O)[C@@](C)(OC)C[C@@H](C)C(=O)C(C)[C@@H](O)[C@@]3(O)C(C)[C@H]3OC(=O)[C@@H]2C)O[C@@H](C)[C@@H]1O. The Labute approximate surface area is 332 Å². The van der Waals surface area contributed by atoms with Crippen LogP contribution in [0.3, 0.4) is 0 Å². The van der Waals surface area contributed by atoms with Crippen LogP contribution in [-0.2, 0) is 52.3 Å². The van der Waals surface area contributed by atoms with E-state index >= 15 is 0 Å².